The third-order valence-electron chi connectivity index (χ3n) is 13.9. The second-order valence-electron chi connectivity index (χ2n) is 19.7. The van der Waals surface area contributed by atoms with Gasteiger partial charge in [-0.15, -0.1) is 0 Å². The zero-order chi connectivity index (χ0) is 50.2. The van der Waals surface area contributed by atoms with Gasteiger partial charge in [0.15, 0.2) is 5.78 Å². The second kappa shape index (κ2) is 19.7. The molecular weight excluding hydrogens is 889 g/mol. The van der Waals surface area contributed by atoms with Gasteiger partial charge in [-0.1, -0.05) is 130 Å². The van der Waals surface area contributed by atoms with E-state index in [0.29, 0.717) is 11.1 Å². The molecule has 5 heteroatoms. The van der Waals surface area contributed by atoms with Crippen LogP contribution in [0.1, 0.15) is 60.4 Å². The van der Waals surface area contributed by atoms with Gasteiger partial charge < -0.3 is 19.6 Å². The second-order valence-corrected chi connectivity index (χ2v) is 19.7. The fraction of sp³-hybridized carbons (Fsp3) is 0.103. The fourth-order valence-corrected chi connectivity index (χ4v) is 9.85. The molecule has 10 aromatic carbocycles. The number of nitrogens with zero attached hydrogens (tertiary/aromatic N) is 4. The molecule has 3 aliphatic rings. The molecule has 0 aromatic heterocycles. The normalized spacial score (nSPS) is 12.2. The van der Waals surface area contributed by atoms with Crippen LogP contribution in [0.4, 0.5) is 68.2 Å². The number of benzene rings is 10. The van der Waals surface area contributed by atoms with Crippen molar-refractivity contribution in [1.82, 2.24) is 0 Å². The summed E-state index contributed by atoms with van der Waals surface area (Å²) >= 11 is 0. The molecule has 8 bridgehead atoms. The maximum atomic E-state index is 16.3. The standard InChI is InChI=1S/C68H58N4O/c1-46-7-23-56(24-8-46)69(57-25-9-47(2)10-26-57)64-40-54-42-66(44-64)71(60-31-15-50(5)16-32-60)62-35-19-52(20-36-62)39-53-21-37-63(38-22-53)72(61-33-17-51(6)18-34-61)67-43-55(68(54)73)41-65(45-67)70(58-27-11-48(3)12-28-58)59-29-13-49(4)14-30-59/h7-38,40-45H,39H2,1-6H3. The Hall–Kier alpha value is -8.93. The summed E-state index contributed by atoms with van der Waals surface area (Å²) in [6.45, 7) is 12.7. The molecule has 0 N–H and O–H groups in total. The fourth-order valence-electron chi connectivity index (χ4n) is 9.85. The molecule has 0 radical (unpaired) electrons. The van der Waals surface area contributed by atoms with Crippen LogP contribution >= 0.6 is 0 Å². The quantitative estimate of drug-likeness (QED) is 0.151. The molecule has 0 saturated carbocycles. The molecule has 3 aliphatic heterocycles. The summed E-state index contributed by atoms with van der Waals surface area (Å²) in [5.41, 5.74) is 21.9. The van der Waals surface area contributed by atoms with Gasteiger partial charge in [0, 0.05) is 79.4 Å². The molecule has 0 fully saturated rings. The predicted molar refractivity (Wildman–Crippen MR) is 306 cm³/mol. The van der Waals surface area contributed by atoms with Crippen LogP contribution in [-0.2, 0) is 6.42 Å². The number of rotatable bonds is 8. The van der Waals surface area contributed by atoms with Crippen LogP contribution in [0.2, 0.25) is 0 Å². The first-order valence-corrected chi connectivity index (χ1v) is 25.1. The Morgan fingerprint density at radius 2 is 0.521 bits per heavy atom. The molecule has 0 atom stereocenters. The average Bonchev–Trinajstić information content (AvgIpc) is 3.40. The summed E-state index contributed by atoms with van der Waals surface area (Å²) in [7, 11) is 0. The van der Waals surface area contributed by atoms with Crippen molar-refractivity contribution in [3.8, 4) is 0 Å². The van der Waals surface area contributed by atoms with Gasteiger partial charge >= 0.3 is 0 Å². The van der Waals surface area contributed by atoms with E-state index < -0.39 is 0 Å². The lowest BCUT2D eigenvalue weighted by atomic mass is 9.97. The number of aryl methyl sites for hydroxylation is 6. The molecule has 0 amide bonds. The van der Waals surface area contributed by atoms with E-state index in [4.69, 9.17) is 0 Å². The van der Waals surface area contributed by atoms with Gasteiger partial charge in [0.25, 0.3) is 0 Å². The molecule has 0 spiro atoms. The average molecular weight is 947 g/mol. The predicted octanol–water partition coefficient (Wildman–Crippen LogP) is 18.6. The highest BCUT2D eigenvalue weighted by Gasteiger charge is 2.25. The van der Waals surface area contributed by atoms with Gasteiger partial charge in [-0.2, -0.15) is 0 Å². The summed E-state index contributed by atoms with van der Waals surface area (Å²) in [5, 5.41) is 0. The molecule has 3 heterocycles. The summed E-state index contributed by atoms with van der Waals surface area (Å²) in [6, 6.07) is 82.3. The molecule has 73 heavy (non-hydrogen) atoms. The van der Waals surface area contributed by atoms with Crippen molar-refractivity contribution in [3.05, 3.63) is 286 Å². The van der Waals surface area contributed by atoms with Gasteiger partial charge in [-0.3, -0.25) is 4.79 Å². The van der Waals surface area contributed by atoms with E-state index in [1.165, 1.54) is 44.5 Å². The number of fused-ring (bicyclic) bond motifs is 2. The molecule has 13 rings (SSSR count). The smallest absolute Gasteiger partial charge is 0.193 e. The van der Waals surface area contributed by atoms with Gasteiger partial charge in [0.2, 0.25) is 0 Å². The molecular formula is C68H58N4O. The van der Waals surface area contributed by atoms with Crippen LogP contribution in [0.3, 0.4) is 0 Å². The van der Waals surface area contributed by atoms with Gasteiger partial charge in [0.1, 0.15) is 0 Å². The summed E-state index contributed by atoms with van der Waals surface area (Å²) in [6.07, 6.45) is 0.771. The minimum atomic E-state index is -0.105. The Morgan fingerprint density at radius 3 is 0.795 bits per heavy atom. The Balaban J connectivity index is 1.22. The van der Waals surface area contributed by atoms with E-state index in [-0.39, 0.29) is 5.78 Å². The van der Waals surface area contributed by atoms with E-state index in [2.05, 4.69) is 292 Å². The lowest BCUT2D eigenvalue weighted by Gasteiger charge is -2.31. The minimum Gasteiger partial charge on any atom is -0.310 e. The summed E-state index contributed by atoms with van der Waals surface area (Å²) in [4.78, 5) is 25.4. The van der Waals surface area contributed by atoms with E-state index in [0.717, 1.165) is 74.7 Å². The molecule has 5 nitrogen and oxygen atoms in total. The van der Waals surface area contributed by atoms with Crippen LogP contribution in [0, 0.1) is 41.5 Å². The number of ketones is 1. The largest absolute Gasteiger partial charge is 0.310 e. The van der Waals surface area contributed by atoms with Crippen LogP contribution in [-0.4, -0.2) is 5.78 Å². The maximum Gasteiger partial charge on any atom is 0.193 e. The number of carbonyl (C=O) groups is 1. The highest BCUT2D eigenvalue weighted by Crippen LogP contribution is 2.45. The Labute approximate surface area is 430 Å². The van der Waals surface area contributed by atoms with Crippen molar-refractivity contribution in [1.29, 1.82) is 0 Å². The van der Waals surface area contributed by atoms with E-state index in [1.807, 2.05) is 0 Å². The number of hydrogen-bond donors (Lipinski definition) is 0. The summed E-state index contributed by atoms with van der Waals surface area (Å²) in [5.74, 6) is -0.105. The molecule has 0 unspecified atom stereocenters. The van der Waals surface area contributed by atoms with Crippen molar-refractivity contribution in [3.63, 3.8) is 0 Å². The Morgan fingerprint density at radius 1 is 0.274 bits per heavy atom. The minimum absolute atomic E-state index is 0.105. The van der Waals surface area contributed by atoms with Crippen molar-refractivity contribution in [2.45, 2.75) is 48.0 Å². The van der Waals surface area contributed by atoms with Crippen LogP contribution in [0.15, 0.2) is 231 Å². The number of anilines is 12. The lowest BCUT2D eigenvalue weighted by molar-refractivity contribution is 0.103. The van der Waals surface area contributed by atoms with Crippen LogP contribution < -0.4 is 19.6 Å². The molecule has 0 aliphatic carbocycles. The van der Waals surface area contributed by atoms with Crippen molar-refractivity contribution < 1.29 is 4.79 Å². The molecule has 356 valence electrons. The highest BCUT2D eigenvalue weighted by atomic mass is 16.1. The van der Waals surface area contributed by atoms with Crippen LogP contribution in [0.5, 0.6) is 0 Å². The zero-order valence-corrected chi connectivity index (χ0v) is 42.3. The van der Waals surface area contributed by atoms with Crippen molar-refractivity contribution >= 4 is 74.0 Å². The van der Waals surface area contributed by atoms with Gasteiger partial charge in [-0.25, -0.2) is 0 Å². The third kappa shape index (κ3) is 9.78. The first-order chi connectivity index (χ1) is 35.5. The van der Waals surface area contributed by atoms with Gasteiger partial charge in [-0.05, 0) is 193 Å². The van der Waals surface area contributed by atoms with E-state index in [1.54, 1.807) is 0 Å². The monoisotopic (exact) mass is 946 g/mol. The first kappa shape index (κ1) is 46.5. The first-order valence-electron chi connectivity index (χ1n) is 25.1. The Bertz CT molecular complexity index is 3230. The zero-order valence-electron chi connectivity index (χ0n) is 42.3. The molecule has 0 saturated heterocycles. The number of hydrogen-bond acceptors (Lipinski definition) is 5. The van der Waals surface area contributed by atoms with Crippen molar-refractivity contribution in [2.75, 3.05) is 19.6 Å². The topological polar surface area (TPSA) is 30.0 Å². The van der Waals surface area contributed by atoms with E-state index >= 15 is 4.79 Å². The van der Waals surface area contributed by atoms with Crippen LogP contribution in [0.25, 0.3) is 0 Å². The Kier molecular flexibility index (Phi) is 12.5. The third-order valence-corrected chi connectivity index (χ3v) is 13.9. The molecule has 10 aromatic rings. The summed E-state index contributed by atoms with van der Waals surface area (Å²) < 4.78 is 0. The maximum absolute atomic E-state index is 16.3. The highest BCUT2D eigenvalue weighted by molar-refractivity contribution is 6.12. The van der Waals surface area contributed by atoms with Crippen molar-refractivity contribution in [2.24, 2.45) is 0 Å². The lowest BCUT2D eigenvalue weighted by Crippen LogP contribution is -2.17. The SMILES string of the molecule is Cc1ccc(N(c2ccc(C)cc2)c2cc3cc(c2)N(c2ccc(C)cc2)c2ccc(cc2)Cc2ccc(cc2)N(c2ccc(C)cc2)c2cc(cc(N(c4ccc(C)cc4)c4ccc(C)cc4)c2)C3=O)cc1. The number of carbonyl (C=O) groups excluding carboxylic acids is 1. The van der Waals surface area contributed by atoms with E-state index in [9.17, 15) is 0 Å². The van der Waals surface area contributed by atoms with Gasteiger partial charge in [0.05, 0.1) is 0 Å².